The lowest BCUT2D eigenvalue weighted by molar-refractivity contribution is 0.106. The number of carbonyl (C=O) groups is 1. The van der Waals surface area contributed by atoms with Crippen molar-refractivity contribution in [2.75, 3.05) is 26.8 Å². The number of hydrogen-bond acceptors (Lipinski definition) is 4. The van der Waals surface area contributed by atoms with Crippen LogP contribution in [0.1, 0.15) is 12.0 Å². The van der Waals surface area contributed by atoms with Gasteiger partial charge in [0.1, 0.15) is 7.11 Å². The van der Waals surface area contributed by atoms with Gasteiger partial charge < -0.3 is 14.5 Å². The summed E-state index contributed by atoms with van der Waals surface area (Å²) in [6, 6.07) is 9.98. The maximum atomic E-state index is 12.0. The number of rotatable bonds is 5. The molecular formula is C16H20N2O3. The highest BCUT2D eigenvalue weighted by Gasteiger charge is 2.18. The molecule has 0 bridgehead atoms. The van der Waals surface area contributed by atoms with Crippen molar-refractivity contribution in [2.45, 2.75) is 12.8 Å². The molecule has 1 aromatic carbocycles. The molecule has 1 aliphatic rings. The normalized spacial score (nSPS) is 14.9. The van der Waals surface area contributed by atoms with E-state index in [4.69, 9.17) is 4.74 Å². The van der Waals surface area contributed by atoms with Crippen LogP contribution in [0.3, 0.4) is 0 Å². The molecule has 0 saturated heterocycles. The van der Waals surface area contributed by atoms with E-state index in [1.807, 2.05) is 30.3 Å². The van der Waals surface area contributed by atoms with Gasteiger partial charge in [-0.15, -0.1) is 0 Å². The van der Waals surface area contributed by atoms with Crippen molar-refractivity contribution < 1.29 is 14.4 Å². The van der Waals surface area contributed by atoms with Crippen LogP contribution < -0.4 is 0 Å². The molecule has 0 unspecified atom stereocenters. The standard InChI is InChI=1S/C16H20N2O3/c1-20-17-12-15-8-5-10-18(13-15)16(19)21-11-9-14-6-3-2-4-7-14/h2-4,6-8,12H,5,9-11,13H2,1H3/b17-12-. The highest BCUT2D eigenvalue weighted by atomic mass is 16.6. The summed E-state index contributed by atoms with van der Waals surface area (Å²) in [7, 11) is 1.50. The van der Waals surface area contributed by atoms with Crippen molar-refractivity contribution >= 4 is 12.3 Å². The number of amides is 1. The largest absolute Gasteiger partial charge is 0.449 e. The zero-order chi connectivity index (χ0) is 14.9. The Balaban J connectivity index is 1.76. The average Bonchev–Trinajstić information content (AvgIpc) is 2.54. The Morgan fingerprint density at radius 2 is 2.19 bits per heavy atom. The first-order valence-electron chi connectivity index (χ1n) is 7.01. The van der Waals surface area contributed by atoms with Gasteiger partial charge in [0, 0.05) is 13.0 Å². The summed E-state index contributed by atoms with van der Waals surface area (Å²) in [5.41, 5.74) is 2.12. The molecule has 5 heteroatoms. The van der Waals surface area contributed by atoms with Crippen molar-refractivity contribution in [2.24, 2.45) is 5.16 Å². The first-order valence-corrected chi connectivity index (χ1v) is 7.01. The van der Waals surface area contributed by atoms with Crippen LogP contribution in [-0.2, 0) is 16.0 Å². The first-order chi connectivity index (χ1) is 10.3. The van der Waals surface area contributed by atoms with Crippen LogP contribution in [-0.4, -0.2) is 44.0 Å². The lowest BCUT2D eigenvalue weighted by Crippen LogP contribution is -2.36. The fourth-order valence-electron chi connectivity index (χ4n) is 2.13. The highest BCUT2D eigenvalue weighted by Crippen LogP contribution is 2.10. The van der Waals surface area contributed by atoms with Crippen molar-refractivity contribution in [1.82, 2.24) is 4.90 Å². The molecule has 112 valence electrons. The van der Waals surface area contributed by atoms with Crippen LogP contribution in [0.2, 0.25) is 0 Å². The van der Waals surface area contributed by atoms with E-state index in [0.717, 1.165) is 24.0 Å². The van der Waals surface area contributed by atoms with E-state index in [1.54, 1.807) is 11.1 Å². The summed E-state index contributed by atoms with van der Waals surface area (Å²) in [5, 5.41) is 3.72. The molecular weight excluding hydrogens is 268 g/mol. The third kappa shape index (κ3) is 4.95. The molecule has 5 nitrogen and oxygen atoms in total. The van der Waals surface area contributed by atoms with Gasteiger partial charge in [0.2, 0.25) is 0 Å². The predicted octanol–water partition coefficient (Wildman–Crippen LogP) is 2.63. The lowest BCUT2D eigenvalue weighted by atomic mass is 10.1. The van der Waals surface area contributed by atoms with E-state index in [-0.39, 0.29) is 6.09 Å². The predicted molar refractivity (Wildman–Crippen MR) is 81.3 cm³/mol. The van der Waals surface area contributed by atoms with E-state index < -0.39 is 0 Å². The van der Waals surface area contributed by atoms with Gasteiger partial charge in [0.15, 0.2) is 0 Å². The Bertz CT molecular complexity index is 512. The topological polar surface area (TPSA) is 51.1 Å². The Hall–Kier alpha value is -2.30. The molecule has 0 aromatic heterocycles. The minimum Gasteiger partial charge on any atom is -0.449 e. The fourth-order valence-corrected chi connectivity index (χ4v) is 2.13. The Kier molecular flexibility index (Phi) is 5.82. The summed E-state index contributed by atoms with van der Waals surface area (Å²) in [4.78, 5) is 18.3. The molecule has 0 saturated carbocycles. The van der Waals surface area contributed by atoms with Crippen molar-refractivity contribution in [3.63, 3.8) is 0 Å². The van der Waals surface area contributed by atoms with Crippen LogP contribution in [0.5, 0.6) is 0 Å². The van der Waals surface area contributed by atoms with E-state index >= 15 is 0 Å². The third-order valence-electron chi connectivity index (χ3n) is 3.22. The lowest BCUT2D eigenvalue weighted by Gasteiger charge is -2.25. The quantitative estimate of drug-likeness (QED) is 0.618. The monoisotopic (exact) mass is 288 g/mol. The molecule has 1 heterocycles. The van der Waals surface area contributed by atoms with Gasteiger partial charge in [0.05, 0.1) is 19.4 Å². The molecule has 0 aliphatic carbocycles. The van der Waals surface area contributed by atoms with Crippen LogP contribution in [0, 0.1) is 0 Å². The van der Waals surface area contributed by atoms with Gasteiger partial charge in [-0.25, -0.2) is 4.79 Å². The van der Waals surface area contributed by atoms with Gasteiger partial charge >= 0.3 is 6.09 Å². The molecule has 0 atom stereocenters. The van der Waals surface area contributed by atoms with Crippen molar-refractivity contribution in [3.05, 3.63) is 47.5 Å². The zero-order valence-electron chi connectivity index (χ0n) is 12.2. The molecule has 1 aromatic rings. The van der Waals surface area contributed by atoms with E-state index in [2.05, 4.69) is 16.1 Å². The van der Waals surface area contributed by atoms with Crippen LogP contribution >= 0.6 is 0 Å². The number of oxime groups is 1. The number of ether oxygens (including phenoxy) is 1. The second-order valence-corrected chi connectivity index (χ2v) is 4.76. The summed E-state index contributed by atoms with van der Waals surface area (Å²) < 4.78 is 5.32. The SMILES string of the molecule is CO/N=C\C1=CCCN(C(=O)OCCc2ccccc2)C1. The van der Waals surface area contributed by atoms with Crippen LogP contribution in [0.25, 0.3) is 0 Å². The molecule has 1 amide bonds. The summed E-state index contributed by atoms with van der Waals surface area (Å²) in [6.45, 7) is 1.58. The number of nitrogens with zero attached hydrogens (tertiary/aromatic N) is 2. The maximum Gasteiger partial charge on any atom is 0.410 e. The van der Waals surface area contributed by atoms with Crippen molar-refractivity contribution in [1.29, 1.82) is 0 Å². The minimum atomic E-state index is -0.276. The third-order valence-corrected chi connectivity index (χ3v) is 3.22. The summed E-state index contributed by atoms with van der Waals surface area (Å²) in [5.74, 6) is 0. The first kappa shape index (κ1) is 15.1. The summed E-state index contributed by atoms with van der Waals surface area (Å²) in [6.07, 6.45) is 4.94. The second kappa shape index (κ2) is 8.09. The molecule has 21 heavy (non-hydrogen) atoms. The van der Waals surface area contributed by atoms with Crippen LogP contribution in [0.4, 0.5) is 4.79 Å². The van der Waals surface area contributed by atoms with Gasteiger partial charge in [0.25, 0.3) is 0 Å². The minimum absolute atomic E-state index is 0.276. The fraction of sp³-hybridized carbons (Fsp3) is 0.375. The van der Waals surface area contributed by atoms with Gasteiger partial charge in [-0.1, -0.05) is 41.6 Å². The van der Waals surface area contributed by atoms with Gasteiger partial charge in [-0.05, 0) is 17.6 Å². The molecule has 0 fully saturated rings. The molecule has 2 rings (SSSR count). The highest BCUT2D eigenvalue weighted by molar-refractivity contribution is 5.80. The number of carbonyl (C=O) groups excluding carboxylic acids is 1. The molecule has 0 spiro atoms. The van der Waals surface area contributed by atoms with Crippen LogP contribution in [0.15, 0.2) is 47.1 Å². The number of hydrogen-bond donors (Lipinski definition) is 0. The smallest absolute Gasteiger partial charge is 0.410 e. The molecule has 0 radical (unpaired) electrons. The Labute approximate surface area is 124 Å². The maximum absolute atomic E-state index is 12.0. The molecule has 0 N–H and O–H groups in total. The van der Waals surface area contributed by atoms with E-state index in [0.29, 0.717) is 19.7 Å². The van der Waals surface area contributed by atoms with Gasteiger partial charge in [-0.2, -0.15) is 0 Å². The summed E-state index contributed by atoms with van der Waals surface area (Å²) >= 11 is 0. The molecule has 1 aliphatic heterocycles. The van der Waals surface area contributed by atoms with Gasteiger partial charge in [-0.3, -0.25) is 0 Å². The average molecular weight is 288 g/mol. The van der Waals surface area contributed by atoms with Crippen molar-refractivity contribution in [3.8, 4) is 0 Å². The zero-order valence-corrected chi connectivity index (χ0v) is 12.2. The Morgan fingerprint density at radius 1 is 1.38 bits per heavy atom. The number of benzene rings is 1. The second-order valence-electron chi connectivity index (χ2n) is 4.76. The van der Waals surface area contributed by atoms with E-state index in [1.165, 1.54) is 7.11 Å². The Morgan fingerprint density at radius 3 is 2.95 bits per heavy atom. The van der Waals surface area contributed by atoms with E-state index in [9.17, 15) is 4.79 Å².